The van der Waals surface area contributed by atoms with Crippen molar-refractivity contribution in [3.05, 3.63) is 29.0 Å². The lowest BCUT2D eigenvalue weighted by Gasteiger charge is -2.09. The van der Waals surface area contributed by atoms with Crippen LogP contribution in [0.1, 0.15) is 19.4 Å². The molecule has 0 spiro atoms. The van der Waals surface area contributed by atoms with Crippen molar-refractivity contribution in [2.75, 3.05) is 13.1 Å². The van der Waals surface area contributed by atoms with E-state index in [2.05, 4.69) is 29.5 Å². The molecule has 0 saturated heterocycles. The molecule has 0 saturated carbocycles. The number of nitrogens with one attached hydrogen (secondary N) is 2. The number of hydrogen-bond donors (Lipinski definition) is 2. The lowest BCUT2D eigenvalue weighted by atomic mass is 10.2. The number of rotatable bonds is 6. The molecule has 0 aliphatic carbocycles. The van der Waals surface area contributed by atoms with Gasteiger partial charge < -0.3 is 10.6 Å². The molecule has 0 fully saturated rings. The molecule has 0 atom stereocenters. The standard InChI is InChI=1S/C11H18ClN3/c1-9(2)15-6-5-14-7-10-3-4-13-8-11(10)12/h3-4,8-9,14-15H,5-7H2,1-2H3. The largest absolute Gasteiger partial charge is 0.313 e. The Morgan fingerprint density at radius 2 is 2.20 bits per heavy atom. The van der Waals surface area contributed by atoms with E-state index in [1.165, 1.54) is 0 Å². The van der Waals surface area contributed by atoms with E-state index in [1.54, 1.807) is 12.4 Å². The van der Waals surface area contributed by atoms with E-state index in [0.717, 1.165) is 30.2 Å². The van der Waals surface area contributed by atoms with Gasteiger partial charge in [-0.1, -0.05) is 25.4 Å². The zero-order valence-corrected chi connectivity index (χ0v) is 10.0. The summed E-state index contributed by atoms with van der Waals surface area (Å²) in [4.78, 5) is 3.94. The van der Waals surface area contributed by atoms with Crippen LogP contribution in [0.5, 0.6) is 0 Å². The van der Waals surface area contributed by atoms with Crippen LogP contribution in [0, 0.1) is 0 Å². The molecule has 0 unspecified atom stereocenters. The predicted molar refractivity (Wildman–Crippen MR) is 64.1 cm³/mol. The first-order chi connectivity index (χ1) is 7.20. The molecule has 84 valence electrons. The van der Waals surface area contributed by atoms with E-state index < -0.39 is 0 Å². The zero-order chi connectivity index (χ0) is 11.1. The van der Waals surface area contributed by atoms with Crippen molar-refractivity contribution in [2.45, 2.75) is 26.4 Å². The van der Waals surface area contributed by atoms with Gasteiger partial charge in [-0.05, 0) is 11.6 Å². The van der Waals surface area contributed by atoms with Crippen LogP contribution >= 0.6 is 11.6 Å². The van der Waals surface area contributed by atoms with Gasteiger partial charge in [-0.25, -0.2) is 0 Å². The molecule has 1 rings (SSSR count). The lowest BCUT2D eigenvalue weighted by molar-refractivity contribution is 0.555. The van der Waals surface area contributed by atoms with E-state index in [4.69, 9.17) is 11.6 Å². The summed E-state index contributed by atoms with van der Waals surface area (Å²) in [5, 5.41) is 7.39. The van der Waals surface area contributed by atoms with Crippen molar-refractivity contribution < 1.29 is 0 Å². The van der Waals surface area contributed by atoms with Gasteiger partial charge in [0.25, 0.3) is 0 Å². The Morgan fingerprint density at radius 1 is 1.40 bits per heavy atom. The molecular weight excluding hydrogens is 210 g/mol. The molecular formula is C11H18ClN3. The van der Waals surface area contributed by atoms with Crippen LogP contribution in [0.15, 0.2) is 18.5 Å². The smallest absolute Gasteiger partial charge is 0.0634 e. The fraction of sp³-hybridized carbons (Fsp3) is 0.545. The highest BCUT2D eigenvalue weighted by Crippen LogP contribution is 2.12. The third-order valence-electron chi connectivity index (χ3n) is 2.03. The molecule has 0 aromatic carbocycles. The van der Waals surface area contributed by atoms with Crippen LogP contribution in [0.2, 0.25) is 5.02 Å². The first kappa shape index (κ1) is 12.4. The molecule has 0 aliphatic rings. The van der Waals surface area contributed by atoms with Gasteiger partial charge in [-0.3, -0.25) is 4.98 Å². The Balaban J connectivity index is 2.18. The topological polar surface area (TPSA) is 37.0 Å². The van der Waals surface area contributed by atoms with Gasteiger partial charge in [0.2, 0.25) is 0 Å². The molecule has 0 bridgehead atoms. The lowest BCUT2D eigenvalue weighted by Crippen LogP contribution is -2.31. The summed E-state index contributed by atoms with van der Waals surface area (Å²) in [6.45, 7) is 6.98. The molecule has 4 heteroatoms. The third-order valence-corrected chi connectivity index (χ3v) is 2.37. The highest BCUT2D eigenvalue weighted by molar-refractivity contribution is 6.31. The van der Waals surface area contributed by atoms with Crippen LogP contribution in [-0.4, -0.2) is 24.1 Å². The summed E-state index contributed by atoms with van der Waals surface area (Å²) in [6, 6.07) is 2.47. The number of nitrogens with zero attached hydrogens (tertiary/aromatic N) is 1. The predicted octanol–water partition coefficient (Wildman–Crippen LogP) is 1.82. The van der Waals surface area contributed by atoms with Gasteiger partial charge in [0, 0.05) is 38.1 Å². The normalized spacial score (nSPS) is 10.9. The highest BCUT2D eigenvalue weighted by atomic mass is 35.5. The highest BCUT2D eigenvalue weighted by Gasteiger charge is 1.98. The average molecular weight is 228 g/mol. The minimum atomic E-state index is 0.538. The van der Waals surface area contributed by atoms with Crippen LogP contribution in [0.25, 0.3) is 0 Å². The second kappa shape index (κ2) is 6.77. The maximum absolute atomic E-state index is 5.97. The monoisotopic (exact) mass is 227 g/mol. The van der Waals surface area contributed by atoms with Gasteiger partial charge in [0.05, 0.1) is 5.02 Å². The molecule has 0 amide bonds. The molecule has 0 radical (unpaired) electrons. The minimum Gasteiger partial charge on any atom is -0.313 e. The molecule has 3 nitrogen and oxygen atoms in total. The number of aromatic nitrogens is 1. The number of halogens is 1. The summed E-state index contributed by atoms with van der Waals surface area (Å²) in [7, 11) is 0. The van der Waals surface area contributed by atoms with E-state index in [0.29, 0.717) is 6.04 Å². The Hall–Kier alpha value is -0.640. The Kier molecular flexibility index (Phi) is 5.61. The van der Waals surface area contributed by atoms with E-state index >= 15 is 0 Å². The summed E-state index contributed by atoms with van der Waals surface area (Å²) in [6.07, 6.45) is 3.43. The Labute approximate surface area is 96.2 Å². The average Bonchev–Trinajstić information content (AvgIpc) is 2.20. The van der Waals surface area contributed by atoms with Crippen molar-refractivity contribution >= 4 is 11.6 Å². The van der Waals surface area contributed by atoms with Crippen molar-refractivity contribution in [1.29, 1.82) is 0 Å². The van der Waals surface area contributed by atoms with Gasteiger partial charge in [-0.2, -0.15) is 0 Å². The first-order valence-electron chi connectivity index (χ1n) is 5.22. The SMILES string of the molecule is CC(C)NCCNCc1ccncc1Cl. The van der Waals surface area contributed by atoms with Crippen molar-refractivity contribution in [3.63, 3.8) is 0 Å². The maximum atomic E-state index is 5.97. The maximum Gasteiger partial charge on any atom is 0.0634 e. The molecule has 2 N–H and O–H groups in total. The van der Waals surface area contributed by atoms with E-state index in [9.17, 15) is 0 Å². The summed E-state index contributed by atoms with van der Waals surface area (Å²) in [5.41, 5.74) is 1.09. The molecule has 1 heterocycles. The van der Waals surface area contributed by atoms with E-state index in [-0.39, 0.29) is 0 Å². The number of hydrogen-bond acceptors (Lipinski definition) is 3. The molecule has 0 aliphatic heterocycles. The second-order valence-corrected chi connectivity index (χ2v) is 4.16. The van der Waals surface area contributed by atoms with E-state index in [1.807, 2.05) is 6.07 Å². The van der Waals surface area contributed by atoms with Gasteiger partial charge in [0.15, 0.2) is 0 Å². The fourth-order valence-corrected chi connectivity index (χ4v) is 1.41. The first-order valence-corrected chi connectivity index (χ1v) is 5.60. The number of pyridine rings is 1. The van der Waals surface area contributed by atoms with Crippen molar-refractivity contribution in [1.82, 2.24) is 15.6 Å². The van der Waals surface area contributed by atoms with Gasteiger partial charge >= 0.3 is 0 Å². The second-order valence-electron chi connectivity index (χ2n) is 3.75. The summed E-state index contributed by atoms with van der Waals surface area (Å²) in [5.74, 6) is 0. The summed E-state index contributed by atoms with van der Waals surface area (Å²) >= 11 is 5.97. The molecule has 15 heavy (non-hydrogen) atoms. The van der Waals surface area contributed by atoms with Crippen LogP contribution in [0.4, 0.5) is 0 Å². The minimum absolute atomic E-state index is 0.538. The Morgan fingerprint density at radius 3 is 2.87 bits per heavy atom. The van der Waals surface area contributed by atoms with Crippen molar-refractivity contribution in [2.24, 2.45) is 0 Å². The van der Waals surface area contributed by atoms with Gasteiger partial charge in [-0.15, -0.1) is 0 Å². The quantitative estimate of drug-likeness (QED) is 0.728. The fourth-order valence-electron chi connectivity index (χ4n) is 1.22. The molecule has 1 aromatic heterocycles. The third kappa shape index (κ3) is 5.11. The molecule has 1 aromatic rings. The van der Waals surface area contributed by atoms with Crippen molar-refractivity contribution in [3.8, 4) is 0 Å². The van der Waals surface area contributed by atoms with Gasteiger partial charge in [0.1, 0.15) is 0 Å². The Bertz CT molecular complexity index is 289. The zero-order valence-electron chi connectivity index (χ0n) is 9.26. The van der Waals surface area contributed by atoms with Crippen LogP contribution in [0.3, 0.4) is 0 Å². The van der Waals surface area contributed by atoms with Crippen LogP contribution < -0.4 is 10.6 Å². The summed E-state index contributed by atoms with van der Waals surface area (Å²) < 4.78 is 0. The van der Waals surface area contributed by atoms with Crippen LogP contribution in [-0.2, 0) is 6.54 Å².